The number of carboxylic acids is 1. The van der Waals surface area contributed by atoms with Gasteiger partial charge in [-0.1, -0.05) is 0 Å². The Hall–Kier alpha value is -2.01. The van der Waals surface area contributed by atoms with Gasteiger partial charge in [0.15, 0.2) is 0 Å². The molecule has 0 unspecified atom stereocenters. The molecule has 2 aromatic rings. The monoisotopic (exact) mass is 263 g/mol. The highest BCUT2D eigenvalue weighted by molar-refractivity contribution is 7.13. The molecule has 1 heterocycles. The maximum absolute atomic E-state index is 10.8. The number of nitrogens with zero attached hydrogens (tertiary/aromatic N) is 1. The molecule has 1 aromatic heterocycles. The molecule has 1 aromatic carbocycles. The normalized spacial score (nSPS) is 10.3. The maximum Gasteiger partial charge on any atom is 0.345 e. The highest BCUT2D eigenvalue weighted by atomic mass is 32.1. The number of hydrogen-bond acceptors (Lipinski definition) is 4. The highest BCUT2D eigenvalue weighted by Gasteiger charge is 2.09. The molecule has 0 radical (unpaired) electrons. The van der Waals surface area contributed by atoms with Crippen molar-refractivity contribution in [1.29, 1.82) is 0 Å². The summed E-state index contributed by atoms with van der Waals surface area (Å²) in [6.45, 7) is 0.642. The number of benzene rings is 1. The van der Waals surface area contributed by atoms with Crippen LogP contribution in [0.4, 0.5) is 5.69 Å². The van der Waals surface area contributed by atoms with E-state index in [4.69, 9.17) is 5.11 Å². The Morgan fingerprint density at radius 1 is 1.22 bits per heavy atom. The summed E-state index contributed by atoms with van der Waals surface area (Å²) >= 11 is 1.28. The van der Waals surface area contributed by atoms with Crippen LogP contribution in [0.3, 0.4) is 0 Å². The fourth-order valence-electron chi connectivity index (χ4n) is 1.61. The third-order valence-corrected chi connectivity index (χ3v) is 3.61. The molecule has 5 heteroatoms. The number of thiophene rings is 1. The lowest BCUT2D eigenvalue weighted by Gasteiger charge is -2.18. The number of carbonyl (C=O) groups is 1. The van der Waals surface area contributed by atoms with E-state index in [2.05, 4.69) is 0 Å². The van der Waals surface area contributed by atoms with Crippen LogP contribution in [0.5, 0.6) is 5.75 Å². The molecular formula is C13H13NO3S. The Labute approximate surface area is 109 Å². The second-order valence-corrected chi connectivity index (χ2v) is 5.11. The molecule has 0 spiro atoms. The first kappa shape index (κ1) is 12.4. The van der Waals surface area contributed by atoms with Crippen LogP contribution in [-0.4, -0.2) is 23.2 Å². The zero-order valence-electron chi connectivity index (χ0n) is 9.83. The number of hydrogen-bond donors (Lipinski definition) is 2. The van der Waals surface area contributed by atoms with Crippen molar-refractivity contribution in [2.24, 2.45) is 0 Å². The van der Waals surface area contributed by atoms with Gasteiger partial charge in [-0.15, -0.1) is 11.3 Å². The topological polar surface area (TPSA) is 60.8 Å². The van der Waals surface area contributed by atoms with Crippen molar-refractivity contribution in [3.05, 3.63) is 46.2 Å². The summed E-state index contributed by atoms with van der Waals surface area (Å²) in [6.07, 6.45) is 0. The van der Waals surface area contributed by atoms with Crippen LogP contribution in [-0.2, 0) is 6.54 Å². The average molecular weight is 263 g/mol. The van der Waals surface area contributed by atoms with E-state index in [1.807, 2.05) is 30.1 Å². The van der Waals surface area contributed by atoms with E-state index in [1.54, 1.807) is 18.2 Å². The Bertz CT molecular complexity index is 548. The molecule has 2 rings (SSSR count). The van der Waals surface area contributed by atoms with Crippen molar-refractivity contribution in [3.8, 4) is 5.75 Å². The van der Waals surface area contributed by atoms with E-state index in [0.717, 1.165) is 10.6 Å². The quantitative estimate of drug-likeness (QED) is 0.890. The van der Waals surface area contributed by atoms with Crippen LogP contribution in [0.2, 0.25) is 0 Å². The summed E-state index contributed by atoms with van der Waals surface area (Å²) in [5.41, 5.74) is 0.970. The third-order valence-electron chi connectivity index (χ3n) is 2.56. The minimum atomic E-state index is -0.890. The predicted octanol–water partition coefficient (Wildman–Crippen LogP) is 2.79. The fourth-order valence-corrected chi connectivity index (χ4v) is 2.51. The van der Waals surface area contributed by atoms with E-state index in [9.17, 15) is 9.90 Å². The van der Waals surface area contributed by atoms with Crippen LogP contribution in [0, 0.1) is 0 Å². The summed E-state index contributed by atoms with van der Waals surface area (Å²) in [5.74, 6) is -0.657. The first-order valence-electron chi connectivity index (χ1n) is 5.38. The molecule has 0 atom stereocenters. The predicted molar refractivity (Wildman–Crippen MR) is 71.5 cm³/mol. The second kappa shape index (κ2) is 5.10. The first-order valence-corrected chi connectivity index (χ1v) is 6.20. The van der Waals surface area contributed by atoms with Crippen LogP contribution < -0.4 is 4.90 Å². The van der Waals surface area contributed by atoms with E-state index in [1.165, 1.54) is 11.3 Å². The van der Waals surface area contributed by atoms with Gasteiger partial charge in [0, 0.05) is 17.6 Å². The summed E-state index contributed by atoms with van der Waals surface area (Å²) in [4.78, 5) is 14.1. The van der Waals surface area contributed by atoms with Gasteiger partial charge in [0.25, 0.3) is 0 Å². The van der Waals surface area contributed by atoms with Gasteiger partial charge < -0.3 is 15.1 Å². The third kappa shape index (κ3) is 2.81. The molecule has 0 saturated heterocycles. The summed E-state index contributed by atoms with van der Waals surface area (Å²) in [7, 11) is 1.92. The molecule has 0 aliphatic heterocycles. The lowest BCUT2D eigenvalue weighted by Crippen LogP contribution is -2.15. The van der Waals surface area contributed by atoms with Gasteiger partial charge in [0.05, 0.1) is 6.54 Å². The van der Waals surface area contributed by atoms with Crippen molar-refractivity contribution in [2.45, 2.75) is 6.54 Å². The van der Waals surface area contributed by atoms with E-state index >= 15 is 0 Å². The Morgan fingerprint density at radius 2 is 1.89 bits per heavy atom. The molecule has 4 nitrogen and oxygen atoms in total. The highest BCUT2D eigenvalue weighted by Crippen LogP contribution is 2.22. The lowest BCUT2D eigenvalue weighted by atomic mass is 10.3. The Balaban J connectivity index is 2.08. The average Bonchev–Trinajstić information content (AvgIpc) is 2.78. The lowest BCUT2D eigenvalue weighted by molar-refractivity contribution is 0.0702. The Kier molecular flexibility index (Phi) is 3.53. The standard InChI is InChI=1S/C13H13NO3S/c1-14(9-2-4-10(15)5-3-9)8-11-6-7-12(18-11)13(16)17/h2-7,15H,8H2,1H3,(H,16,17). The molecule has 0 amide bonds. The van der Waals surface area contributed by atoms with Crippen LogP contribution in [0.15, 0.2) is 36.4 Å². The fraction of sp³-hybridized carbons (Fsp3) is 0.154. The molecule has 0 aliphatic carbocycles. The minimum Gasteiger partial charge on any atom is -0.508 e. The number of phenols is 1. The van der Waals surface area contributed by atoms with Crippen LogP contribution in [0.25, 0.3) is 0 Å². The molecule has 2 N–H and O–H groups in total. The minimum absolute atomic E-state index is 0.233. The van der Waals surface area contributed by atoms with Gasteiger partial charge in [-0.3, -0.25) is 0 Å². The molecule has 0 saturated carbocycles. The van der Waals surface area contributed by atoms with Gasteiger partial charge in [0.1, 0.15) is 10.6 Å². The SMILES string of the molecule is CN(Cc1ccc(C(=O)O)s1)c1ccc(O)cc1. The van der Waals surface area contributed by atoms with Gasteiger partial charge in [-0.05, 0) is 36.4 Å². The second-order valence-electron chi connectivity index (χ2n) is 3.94. The molecule has 0 bridgehead atoms. The van der Waals surface area contributed by atoms with Crippen molar-refractivity contribution in [2.75, 3.05) is 11.9 Å². The zero-order chi connectivity index (χ0) is 13.1. The molecule has 0 aliphatic rings. The van der Waals surface area contributed by atoms with Crippen molar-refractivity contribution < 1.29 is 15.0 Å². The van der Waals surface area contributed by atoms with Crippen molar-refractivity contribution in [3.63, 3.8) is 0 Å². The molecular weight excluding hydrogens is 250 g/mol. The zero-order valence-corrected chi connectivity index (χ0v) is 10.6. The maximum atomic E-state index is 10.8. The number of aromatic hydroxyl groups is 1. The van der Waals surface area contributed by atoms with Crippen molar-refractivity contribution in [1.82, 2.24) is 0 Å². The molecule has 94 valence electrons. The number of rotatable bonds is 4. The van der Waals surface area contributed by atoms with Crippen LogP contribution in [0.1, 0.15) is 14.5 Å². The van der Waals surface area contributed by atoms with E-state index in [0.29, 0.717) is 11.4 Å². The number of anilines is 1. The Morgan fingerprint density at radius 3 is 2.44 bits per heavy atom. The van der Waals surface area contributed by atoms with Gasteiger partial charge in [0.2, 0.25) is 0 Å². The van der Waals surface area contributed by atoms with Gasteiger partial charge >= 0.3 is 5.97 Å². The van der Waals surface area contributed by atoms with Gasteiger partial charge in [-0.25, -0.2) is 4.79 Å². The summed E-state index contributed by atoms with van der Waals surface area (Å²) < 4.78 is 0. The van der Waals surface area contributed by atoms with Crippen LogP contribution >= 0.6 is 11.3 Å². The first-order chi connectivity index (χ1) is 8.56. The van der Waals surface area contributed by atoms with E-state index < -0.39 is 5.97 Å². The summed E-state index contributed by atoms with van der Waals surface area (Å²) in [6, 6.07) is 10.3. The largest absolute Gasteiger partial charge is 0.508 e. The summed E-state index contributed by atoms with van der Waals surface area (Å²) in [5, 5.41) is 18.1. The molecule has 0 fully saturated rings. The number of aromatic carboxylic acids is 1. The number of carboxylic acid groups (broad SMARTS) is 1. The van der Waals surface area contributed by atoms with E-state index in [-0.39, 0.29) is 5.75 Å². The van der Waals surface area contributed by atoms with Crippen molar-refractivity contribution >= 4 is 23.0 Å². The number of phenolic OH excluding ortho intramolecular Hbond substituents is 1. The smallest absolute Gasteiger partial charge is 0.345 e. The molecule has 18 heavy (non-hydrogen) atoms. The van der Waals surface area contributed by atoms with Gasteiger partial charge in [-0.2, -0.15) is 0 Å².